The molecule has 0 atom stereocenters. The molecule has 0 aliphatic carbocycles. The minimum absolute atomic E-state index is 0. The summed E-state index contributed by atoms with van der Waals surface area (Å²) >= 11 is 0. The van der Waals surface area contributed by atoms with Crippen molar-refractivity contribution in [2.75, 3.05) is 0 Å². The van der Waals surface area contributed by atoms with E-state index in [1.807, 2.05) is 0 Å². The number of hydrogen-bond donors (Lipinski definition) is 3. The van der Waals surface area contributed by atoms with Crippen LogP contribution in [0.5, 0.6) is 0 Å². The van der Waals surface area contributed by atoms with Gasteiger partial charge in [0, 0.05) is 0 Å². The summed E-state index contributed by atoms with van der Waals surface area (Å²) in [5.41, 5.74) is 0. The van der Waals surface area contributed by atoms with Crippen molar-refractivity contribution in [2.24, 2.45) is 0 Å². The van der Waals surface area contributed by atoms with Gasteiger partial charge in [-0.2, -0.15) is 0 Å². The molecule has 6 heavy (non-hydrogen) atoms. The molecule has 0 bridgehead atoms. The van der Waals surface area contributed by atoms with E-state index in [0.717, 1.165) is 0 Å². The third-order valence-electron chi connectivity index (χ3n) is 0. The molecule has 34 valence electrons. The molecule has 0 aromatic carbocycles. The van der Waals surface area contributed by atoms with Crippen LogP contribution in [-0.4, -0.2) is 72.9 Å². The normalized spacial score (nSPS) is 9.83. The molecule has 0 heterocycles. The van der Waals surface area contributed by atoms with Crippen LogP contribution in [0.15, 0.2) is 0 Å². The fourth-order valence-corrected chi connectivity index (χ4v) is 0. The molecular weight excluding hydrogens is 180 g/mol. The third kappa shape index (κ3) is 39.0. The summed E-state index contributed by atoms with van der Waals surface area (Å²) in [5, 5.41) is 0. The topological polar surface area (TPSA) is 77.8 Å². The molecule has 6 heteroatoms. The molecule has 0 spiro atoms. The van der Waals surface area contributed by atoms with E-state index in [9.17, 15) is 0 Å². The molecule has 0 aliphatic rings. The van der Waals surface area contributed by atoms with E-state index in [2.05, 4.69) is 0 Å². The Morgan fingerprint density at radius 1 is 1.17 bits per heavy atom. The van der Waals surface area contributed by atoms with Crippen LogP contribution in [0, 0.1) is 0 Å². The summed E-state index contributed by atoms with van der Waals surface area (Å²) in [6.07, 6.45) is 0. The quantitative estimate of drug-likeness (QED) is 0.397. The molecule has 4 nitrogen and oxygen atoms in total. The van der Waals surface area contributed by atoms with E-state index in [-0.39, 0.29) is 58.2 Å². The number of rotatable bonds is 0. The minimum atomic E-state index is -4.64. The molecule has 0 amide bonds. The van der Waals surface area contributed by atoms with Crippen molar-refractivity contribution < 1.29 is 19.2 Å². The second-order valence-corrected chi connectivity index (χ2v) is 1.54. The Labute approximate surface area is 83.6 Å². The zero-order valence-electron chi connectivity index (χ0n) is 2.20. The third-order valence-corrected chi connectivity index (χ3v) is 0. The van der Waals surface area contributed by atoms with Gasteiger partial charge in [-0.3, -0.25) is 0 Å². The monoisotopic (exact) mass is 184 g/mol. The van der Waals surface area contributed by atoms with Crippen molar-refractivity contribution >= 4 is 66.0 Å². The van der Waals surface area contributed by atoms with E-state index in [1.54, 1.807) is 0 Å². The first-order valence-corrected chi connectivity index (χ1v) is 2.35. The first kappa shape index (κ1) is 10.8. The van der Waals surface area contributed by atoms with Crippen LogP contribution < -0.4 is 0 Å². The summed E-state index contributed by atoms with van der Waals surface area (Å²) in [4.78, 5) is 21.6. The van der Waals surface area contributed by atoms with Crippen molar-refractivity contribution in [1.29, 1.82) is 0 Å². The zero-order valence-corrected chi connectivity index (χ0v) is 3.09. The van der Waals surface area contributed by atoms with Crippen molar-refractivity contribution in [1.82, 2.24) is 0 Å². The van der Waals surface area contributed by atoms with E-state index < -0.39 is 7.82 Å². The molecular formula is H4O4PRb. The summed E-state index contributed by atoms with van der Waals surface area (Å²) in [6.45, 7) is 0. The second-order valence-electron chi connectivity index (χ2n) is 0.513. The predicted octanol–water partition coefficient (Wildman–Crippen LogP) is -1.58. The van der Waals surface area contributed by atoms with Gasteiger partial charge in [0.15, 0.2) is 0 Å². The summed E-state index contributed by atoms with van der Waals surface area (Å²) in [5.74, 6) is 0. The van der Waals surface area contributed by atoms with Gasteiger partial charge >= 0.3 is 66.0 Å². The second kappa shape index (κ2) is 3.86. The average molecular weight is 184 g/mol. The molecule has 0 unspecified atom stereocenters. The van der Waals surface area contributed by atoms with E-state index in [0.29, 0.717) is 0 Å². The van der Waals surface area contributed by atoms with Gasteiger partial charge in [-0.1, -0.05) is 0 Å². The first-order chi connectivity index (χ1) is 2.00. The van der Waals surface area contributed by atoms with E-state index in [1.165, 1.54) is 0 Å². The molecule has 0 rings (SSSR count). The van der Waals surface area contributed by atoms with Crippen molar-refractivity contribution in [2.45, 2.75) is 0 Å². The van der Waals surface area contributed by atoms with Gasteiger partial charge in [0.25, 0.3) is 0 Å². The Balaban J connectivity index is 0. The van der Waals surface area contributed by atoms with Crippen molar-refractivity contribution in [3.05, 3.63) is 0 Å². The number of hydrogen-bond acceptors (Lipinski definition) is 1. The van der Waals surface area contributed by atoms with Crippen LogP contribution in [0.2, 0.25) is 0 Å². The Morgan fingerprint density at radius 3 is 1.17 bits per heavy atom. The summed E-state index contributed by atoms with van der Waals surface area (Å²) < 4.78 is 8.88. The Kier molecular flexibility index (Phi) is 6.96. The molecule has 0 saturated heterocycles. The number of phosphoric acid groups is 1. The van der Waals surface area contributed by atoms with Crippen LogP contribution in [0.3, 0.4) is 0 Å². The predicted molar refractivity (Wildman–Crippen MR) is 21.4 cm³/mol. The SMILES string of the molecule is O=P(O)(O)O.[RbH]. The molecule has 0 aromatic rings. The average Bonchev–Trinajstić information content (AvgIpc) is 0.722. The van der Waals surface area contributed by atoms with E-state index in [4.69, 9.17) is 19.2 Å². The van der Waals surface area contributed by atoms with Crippen LogP contribution >= 0.6 is 7.82 Å². The van der Waals surface area contributed by atoms with Crippen LogP contribution in [0.4, 0.5) is 0 Å². The zero-order chi connectivity index (χ0) is 4.50. The standard InChI is InChI=1S/H3O4P.Rb.H/c1-5(2,3)4;;/h(H3,1,2,3,4);;. The molecule has 0 aromatic heterocycles. The van der Waals surface area contributed by atoms with Gasteiger partial charge in [-0.05, 0) is 0 Å². The molecule has 0 aliphatic heterocycles. The summed E-state index contributed by atoms with van der Waals surface area (Å²) in [6, 6.07) is 0. The summed E-state index contributed by atoms with van der Waals surface area (Å²) in [7, 11) is -4.64. The Morgan fingerprint density at radius 2 is 1.17 bits per heavy atom. The Bertz CT molecular complexity index is 53.7. The first-order valence-electron chi connectivity index (χ1n) is 0.783. The maximum atomic E-state index is 8.88. The molecule has 0 saturated carbocycles. The van der Waals surface area contributed by atoms with Crippen LogP contribution in [-0.2, 0) is 4.57 Å². The molecule has 0 radical (unpaired) electrons. The Hall–Kier alpha value is 1.92. The van der Waals surface area contributed by atoms with Crippen molar-refractivity contribution in [3.8, 4) is 0 Å². The maximum absolute atomic E-state index is 8.88. The van der Waals surface area contributed by atoms with Gasteiger partial charge < -0.3 is 14.7 Å². The van der Waals surface area contributed by atoms with Gasteiger partial charge in [0.2, 0.25) is 0 Å². The van der Waals surface area contributed by atoms with Gasteiger partial charge in [0.1, 0.15) is 0 Å². The van der Waals surface area contributed by atoms with Crippen molar-refractivity contribution in [3.63, 3.8) is 0 Å². The van der Waals surface area contributed by atoms with Crippen LogP contribution in [0.1, 0.15) is 0 Å². The van der Waals surface area contributed by atoms with Gasteiger partial charge in [-0.15, -0.1) is 0 Å². The molecule has 0 fully saturated rings. The molecule has 3 N–H and O–H groups in total. The fraction of sp³-hybridized carbons (Fsp3) is 0. The fourth-order valence-electron chi connectivity index (χ4n) is 0. The van der Waals surface area contributed by atoms with Gasteiger partial charge in [0.05, 0.1) is 0 Å². The van der Waals surface area contributed by atoms with Crippen LogP contribution in [0.25, 0.3) is 0 Å². The van der Waals surface area contributed by atoms with E-state index >= 15 is 0 Å². The van der Waals surface area contributed by atoms with Gasteiger partial charge in [-0.25, -0.2) is 4.57 Å².